The van der Waals surface area contributed by atoms with Gasteiger partial charge in [0.2, 0.25) is 0 Å². The van der Waals surface area contributed by atoms with E-state index in [0.717, 1.165) is 11.4 Å². The Morgan fingerprint density at radius 2 is 0.701 bits per heavy atom. The van der Waals surface area contributed by atoms with Crippen LogP contribution < -0.4 is 25.6 Å². The van der Waals surface area contributed by atoms with Gasteiger partial charge >= 0.3 is 0 Å². The average molecular weight is 996 g/mol. The van der Waals surface area contributed by atoms with E-state index in [9.17, 15) is 0 Å². The fourth-order valence-electron chi connectivity index (χ4n) is 14.0. The number of fused-ring (bicyclic) bond motifs is 14. The number of aromatic nitrogens is 2. The summed E-state index contributed by atoms with van der Waals surface area (Å²) in [5.74, 6) is 0. The van der Waals surface area contributed by atoms with Gasteiger partial charge in [-0.05, 0) is 127 Å². The van der Waals surface area contributed by atoms with Gasteiger partial charge in [-0.25, -0.2) is 0 Å². The predicted octanol–water partition coefficient (Wildman–Crippen LogP) is 15.4. The molecule has 0 fully saturated rings. The number of hydrogen-bond acceptors (Lipinski definition) is 1. The van der Waals surface area contributed by atoms with Crippen molar-refractivity contribution < 1.29 is 0 Å². The van der Waals surface area contributed by atoms with Crippen LogP contribution in [0.1, 0.15) is 22.3 Å². The molecular formula is C73H49N3Si. The second-order valence-corrected chi connectivity index (χ2v) is 24.5. The van der Waals surface area contributed by atoms with E-state index in [2.05, 4.69) is 311 Å². The number of benzene rings is 12. The number of nitrogens with zero attached hydrogens (tertiary/aromatic N) is 3. The molecule has 4 heterocycles. The third-order valence-corrected chi connectivity index (χ3v) is 21.8. The zero-order valence-electron chi connectivity index (χ0n) is 42.1. The minimum atomic E-state index is -2.98. The lowest BCUT2D eigenvalue weighted by Gasteiger charge is -2.49. The molecule has 1 spiro atoms. The predicted molar refractivity (Wildman–Crippen MR) is 324 cm³/mol. The molecule has 0 unspecified atom stereocenters. The lowest BCUT2D eigenvalue weighted by molar-refractivity contribution is 0.716. The van der Waals surface area contributed by atoms with Crippen molar-refractivity contribution in [2.45, 2.75) is 5.41 Å². The summed E-state index contributed by atoms with van der Waals surface area (Å²) in [4.78, 5) is 2.48. The van der Waals surface area contributed by atoms with Crippen molar-refractivity contribution in [3.63, 3.8) is 0 Å². The van der Waals surface area contributed by atoms with E-state index >= 15 is 0 Å². The van der Waals surface area contributed by atoms with E-state index in [1.807, 2.05) is 0 Å². The van der Waals surface area contributed by atoms with Crippen molar-refractivity contribution >= 4 is 89.5 Å². The summed E-state index contributed by atoms with van der Waals surface area (Å²) in [5.41, 5.74) is 17.5. The number of rotatable bonds is 7. The van der Waals surface area contributed by atoms with E-state index in [0.29, 0.717) is 0 Å². The summed E-state index contributed by atoms with van der Waals surface area (Å²) in [5, 5.41) is 10.4. The Balaban J connectivity index is 1.01. The van der Waals surface area contributed by atoms with E-state index in [-0.39, 0.29) is 0 Å². The van der Waals surface area contributed by atoms with Gasteiger partial charge in [-0.1, -0.05) is 224 Å². The molecule has 12 aromatic carbocycles. The lowest BCUT2D eigenvalue weighted by Crippen LogP contribution is -2.74. The minimum absolute atomic E-state index is 0.687. The van der Waals surface area contributed by atoms with Crippen LogP contribution in [0.25, 0.3) is 66.1 Å². The highest BCUT2D eigenvalue weighted by molar-refractivity contribution is 7.19. The maximum absolute atomic E-state index is 2.98. The van der Waals surface area contributed by atoms with Crippen molar-refractivity contribution in [3.05, 3.63) is 320 Å². The molecule has 2 aliphatic rings. The Hall–Kier alpha value is -9.74. The molecule has 0 saturated carbocycles. The first kappa shape index (κ1) is 43.6. The monoisotopic (exact) mass is 995 g/mol. The highest BCUT2D eigenvalue weighted by Crippen LogP contribution is 2.62. The summed E-state index contributed by atoms with van der Waals surface area (Å²) in [6.07, 6.45) is 0. The molecule has 2 aromatic heterocycles. The van der Waals surface area contributed by atoms with Crippen LogP contribution >= 0.6 is 0 Å². The van der Waals surface area contributed by atoms with E-state index in [4.69, 9.17) is 0 Å². The van der Waals surface area contributed by atoms with Crippen molar-refractivity contribution in [2.75, 3.05) is 4.90 Å². The van der Waals surface area contributed by atoms with Crippen LogP contribution in [0.4, 0.5) is 17.1 Å². The summed E-state index contributed by atoms with van der Waals surface area (Å²) in [6, 6.07) is 112. The van der Waals surface area contributed by atoms with Crippen LogP contribution in [0.5, 0.6) is 0 Å². The van der Waals surface area contributed by atoms with Gasteiger partial charge in [-0.3, -0.25) is 0 Å². The quantitative estimate of drug-likeness (QED) is 0.115. The maximum Gasteiger partial charge on any atom is 0.179 e. The van der Waals surface area contributed by atoms with Gasteiger partial charge in [0.15, 0.2) is 8.07 Å². The zero-order valence-corrected chi connectivity index (χ0v) is 43.1. The Bertz CT molecular complexity index is 4470. The van der Waals surface area contributed by atoms with Gasteiger partial charge in [0.25, 0.3) is 0 Å². The Kier molecular flexibility index (Phi) is 9.57. The SMILES string of the molecule is c1ccc(N2c3ccccc3C3(c4ccccc42)c2ccc([Si](c4ccccc4)(c4ccccc4)c4ccccc4)cc2-n2c4ccc(-c5ccc6c(c5)c5ccccc5n6-c5ccccc5)cc4c4cccc3c42)cc1. The first-order valence-electron chi connectivity index (χ1n) is 26.8. The van der Waals surface area contributed by atoms with Crippen molar-refractivity contribution in [1.29, 1.82) is 0 Å². The summed E-state index contributed by atoms with van der Waals surface area (Å²) < 4.78 is 5.04. The number of anilines is 3. The topological polar surface area (TPSA) is 13.1 Å². The van der Waals surface area contributed by atoms with Gasteiger partial charge in [0.1, 0.15) is 0 Å². The Morgan fingerprint density at radius 3 is 1.30 bits per heavy atom. The summed E-state index contributed by atoms with van der Waals surface area (Å²) >= 11 is 0. The van der Waals surface area contributed by atoms with E-state index in [1.54, 1.807) is 0 Å². The number of para-hydroxylation sites is 6. The molecule has 14 aromatic rings. The second-order valence-electron chi connectivity index (χ2n) is 20.7. The molecule has 3 nitrogen and oxygen atoms in total. The summed E-state index contributed by atoms with van der Waals surface area (Å²) in [6.45, 7) is 0. The number of hydrogen-bond donors (Lipinski definition) is 0. The average Bonchev–Trinajstić information content (AvgIpc) is 4.27. The minimum Gasteiger partial charge on any atom is -0.310 e. The highest BCUT2D eigenvalue weighted by Gasteiger charge is 2.52. The van der Waals surface area contributed by atoms with Gasteiger partial charge in [0, 0.05) is 32.9 Å². The van der Waals surface area contributed by atoms with Crippen LogP contribution in [0, 0.1) is 0 Å². The molecule has 0 aliphatic carbocycles. The molecule has 0 amide bonds. The molecule has 0 radical (unpaired) electrons. The molecule has 77 heavy (non-hydrogen) atoms. The molecule has 360 valence electrons. The van der Waals surface area contributed by atoms with Crippen molar-refractivity contribution in [2.24, 2.45) is 0 Å². The van der Waals surface area contributed by atoms with Crippen LogP contribution in [0.2, 0.25) is 0 Å². The van der Waals surface area contributed by atoms with Crippen molar-refractivity contribution in [3.8, 4) is 22.5 Å². The molecule has 4 heteroatoms. The van der Waals surface area contributed by atoms with Crippen LogP contribution in [-0.4, -0.2) is 17.2 Å². The first-order valence-corrected chi connectivity index (χ1v) is 28.8. The summed E-state index contributed by atoms with van der Waals surface area (Å²) in [7, 11) is -2.98. The molecule has 16 rings (SSSR count). The zero-order chi connectivity index (χ0) is 50.7. The van der Waals surface area contributed by atoms with E-state index in [1.165, 1.54) is 115 Å². The third kappa shape index (κ3) is 6.07. The maximum atomic E-state index is 2.64. The standard InChI is InChI=1S/C73H49N3Si/c1-6-23-52(24-7-1)74-66-38-19-16-33-58(66)60-47-50(41-45-67(60)74)51-42-46-68-61(48-51)59-34-22-37-65-72(59)76(68)71-49-57(77(54-27-10-3-11-28-54,55-29-12-4-13-30-55)56-31-14-5-15-32-56)43-44-64(71)73(65)62-35-17-20-39-69(62)75(53-25-8-2-9-26-53)70-40-21-18-36-63(70)73/h1-49H. The molecule has 0 N–H and O–H groups in total. The van der Waals surface area contributed by atoms with Gasteiger partial charge in [0.05, 0.1) is 44.5 Å². The van der Waals surface area contributed by atoms with Crippen molar-refractivity contribution in [1.82, 2.24) is 9.13 Å². The Labute approximate surface area is 448 Å². The lowest BCUT2D eigenvalue weighted by atomic mass is 9.60. The largest absolute Gasteiger partial charge is 0.310 e. The third-order valence-electron chi connectivity index (χ3n) is 17.0. The first-order chi connectivity index (χ1) is 38.2. The second kappa shape index (κ2) is 16.9. The molecular weight excluding hydrogens is 947 g/mol. The Morgan fingerprint density at radius 1 is 0.260 bits per heavy atom. The fraction of sp³-hybridized carbons (Fsp3) is 0.0137. The van der Waals surface area contributed by atoms with Crippen LogP contribution in [0.15, 0.2) is 297 Å². The molecule has 0 bridgehead atoms. The highest BCUT2D eigenvalue weighted by atomic mass is 28.3. The van der Waals surface area contributed by atoms with Gasteiger partial charge in [-0.15, -0.1) is 0 Å². The molecule has 0 saturated heterocycles. The van der Waals surface area contributed by atoms with Crippen LogP contribution in [0.3, 0.4) is 0 Å². The van der Waals surface area contributed by atoms with E-state index < -0.39 is 13.5 Å². The molecule has 2 aliphatic heterocycles. The van der Waals surface area contributed by atoms with Crippen LogP contribution in [-0.2, 0) is 5.41 Å². The van der Waals surface area contributed by atoms with Gasteiger partial charge in [-0.2, -0.15) is 0 Å². The molecule has 0 atom stereocenters. The normalized spacial score (nSPS) is 13.3. The fourth-order valence-corrected chi connectivity index (χ4v) is 18.7. The van der Waals surface area contributed by atoms with Gasteiger partial charge < -0.3 is 14.0 Å². The smallest absolute Gasteiger partial charge is 0.179 e.